The van der Waals surface area contributed by atoms with Crippen LogP contribution in [0, 0.1) is 0 Å². The van der Waals surface area contributed by atoms with Gasteiger partial charge in [-0.15, -0.1) is 0 Å². The zero-order chi connectivity index (χ0) is 23.6. The van der Waals surface area contributed by atoms with Crippen LogP contribution in [-0.4, -0.2) is 54.6 Å². The minimum atomic E-state index is -1.34. The van der Waals surface area contributed by atoms with Crippen molar-refractivity contribution in [2.24, 2.45) is 16.5 Å². The fourth-order valence-corrected chi connectivity index (χ4v) is 2.72. The Bertz CT molecular complexity index is 723. The summed E-state index contributed by atoms with van der Waals surface area (Å²) in [7, 11) is 0. The summed E-state index contributed by atoms with van der Waals surface area (Å²) in [5.74, 6) is -1.09. The van der Waals surface area contributed by atoms with Crippen molar-refractivity contribution >= 4 is 23.7 Å². The Morgan fingerprint density at radius 2 is 1.69 bits per heavy atom. The first-order chi connectivity index (χ1) is 15.4. The Morgan fingerprint density at radius 3 is 2.41 bits per heavy atom. The van der Waals surface area contributed by atoms with Gasteiger partial charge in [-0.25, -0.2) is 0 Å². The normalized spacial score (nSPS) is 11.3. The van der Waals surface area contributed by atoms with Crippen molar-refractivity contribution in [2.45, 2.75) is 57.7 Å². The number of nitrogens with two attached hydrogens (primary N) is 2. The molecular formula is C22H35N5O5. The van der Waals surface area contributed by atoms with E-state index in [1.54, 1.807) is 0 Å². The molecule has 0 aliphatic carbocycles. The van der Waals surface area contributed by atoms with Crippen LogP contribution in [0.25, 0.3) is 0 Å². The highest BCUT2D eigenvalue weighted by atomic mass is 16.5. The van der Waals surface area contributed by atoms with Gasteiger partial charge in [-0.05, 0) is 24.8 Å². The highest BCUT2D eigenvalue weighted by Gasteiger charge is 2.15. The number of aliphatic hydroxyl groups excluding tert-OH is 1. The van der Waals surface area contributed by atoms with Crippen molar-refractivity contribution in [2.75, 3.05) is 19.6 Å². The molecule has 0 aliphatic heterocycles. The molecule has 0 bridgehead atoms. The van der Waals surface area contributed by atoms with Gasteiger partial charge in [0.15, 0.2) is 5.96 Å². The summed E-state index contributed by atoms with van der Waals surface area (Å²) in [6, 6.07) is 9.35. The number of rotatable bonds is 16. The molecule has 2 amide bonds. The number of aliphatic hydroxyl groups is 1. The van der Waals surface area contributed by atoms with Crippen LogP contribution in [0.2, 0.25) is 0 Å². The first kappa shape index (κ1) is 26.9. The molecule has 0 saturated carbocycles. The van der Waals surface area contributed by atoms with Gasteiger partial charge >= 0.3 is 5.97 Å². The summed E-state index contributed by atoms with van der Waals surface area (Å²) in [6.07, 6.45) is 2.86. The molecule has 1 atom stereocenters. The standard InChI is InChI=1S/C22H35N5O5/c23-22(24)26-13-7-2-1-6-11-19(29)27-15-18(28)21(31)25-14-8-12-20(30)32-16-17-9-4-3-5-10-17/h3-5,9-10,18,28H,1-2,6-8,11-16H2,(H,25,31)(H,27,29)(H4,23,24,26)/t18-/m0/s1. The van der Waals surface area contributed by atoms with Crippen LogP contribution < -0.4 is 22.1 Å². The number of amides is 2. The summed E-state index contributed by atoms with van der Waals surface area (Å²) in [5.41, 5.74) is 11.4. The van der Waals surface area contributed by atoms with Crippen molar-refractivity contribution < 1.29 is 24.2 Å². The molecule has 10 heteroatoms. The van der Waals surface area contributed by atoms with Gasteiger partial charge in [0.05, 0.1) is 6.54 Å². The average molecular weight is 450 g/mol. The van der Waals surface area contributed by atoms with Crippen LogP contribution >= 0.6 is 0 Å². The lowest BCUT2D eigenvalue weighted by molar-refractivity contribution is -0.145. The van der Waals surface area contributed by atoms with Gasteiger partial charge in [0.25, 0.3) is 5.91 Å². The molecule has 0 spiro atoms. The number of carbonyl (C=O) groups is 3. The number of nitrogens with zero attached hydrogens (tertiary/aromatic N) is 1. The lowest BCUT2D eigenvalue weighted by atomic mass is 10.1. The SMILES string of the molecule is NC(N)=NCCCCCCC(=O)NC[C@H](O)C(=O)NCCCC(=O)OCc1ccccc1. The van der Waals surface area contributed by atoms with Gasteiger partial charge in [0, 0.05) is 25.9 Å². The third-order valence-corrected chi connectivity index (χ3v) is 4.50. The number of ether oxygens (including phenoxy) is 1. The first-order valence-electron chi connectivity index (χ1n) is 10.9. The summed E-state index contributed by atoms with van der Waals surface area (Å²) in [5, 5.41) is 14.9. The molecule has 178 valence electrons. The van der Waals surface area contributed by atoms with Crippen LogP contribution in [0.3, 0.4) is 0 Å². The van der Waals surface area contributed by atoms with E-state index in [0.29, 0.717) is 25.8 Å². The van der Waals surface area contributed by atoms with Gasteiger partial charge in [0.2, 0.25) is 5.91 Å². The molecule has 7 N–H and O–H groups in total. The van der Waals surface area contributed by atoms with Crippen LogP contribution in [0.15, 0.2) is 35.3 Å². The minimum absolute atomic E-state index is 0.0771. The molecule has 0 aromatic heterocycles. The van der Waals surface area contributed by atoms with E-state index in [0.717, 1.165) is 24.8 Å². The lowest BCUT2D eigenvalue weighted by Crippen LogP contribution is -2.43. The molecule has 0 saturated heterocycles. The lowest BCUT2D eigenvalue weighted by Gasteiger charge is -2.12. The maximum atomic E-state index is 11.9. The minimum Gasteiger partial charge on any atom is -0.461 e. The van der Waals surface area contributed by atoms with Gasteiger partial charge in [0.1, 0.15) is 12.7 Å². The molecule has 10 nitrogen and oxygen atoms in total. The summed E-state index contributed by atoms with van der Waals surface area (Å²) in [4.78, 5) is 39.2. The smallest absolute Gasteiger partial charge is 0.306 e. The number of nitrogens with one attached hydrogen (secondary N) is 2. The number of benzene rings is 1. The zero-order valence-corrected chi connectivity index (χ0v) is 18.4. The van der Waals surface area contributed by atoms with Crippen LogP contribution in [0.5, 0.6) is 0 Å². The van der Waals surface area contributed by atoms with E-state index in [1.165, 1.54) is 0 Å². The number of hydrogen-bond acceptors (Lipinski definition) is 6. The number of guanidine groups is 1. The van der Waals surface area contributed by atoms with E-state index in [-0.39, 0.29) is 44.0 Å². The van der Waals surface area contributed by atoms with Crippen LogP contribution in [-0.2, 0) is 25.7 Å². The molecule has 1 rings (SSSR count). The van der Waals surface area contributed by atoms with E-state index < -0.39 is 12.0 Å². The van der Waals surface area contributed by atoms with Crippen molar-refractivity contribution in [3.8, 4) is 0 Å². The van der Waals surface area contributed by atoms with E-state index in [9.17, 15) is 19.5 Å². The van der Waals surface area contributed by atoms with Crippen molar-refractivity contribution in [3.63, 3.8) is 0 Å². The molecule has 1 aromatic carbocycles. The van der Waals surface area contributed by atoms with E-state index in [4.69, 9.17) is 16.2 Å². The Morgan fingerprint density at radius 1 is 0.969 bits per heavy atom. The fraction of sp³-hybridized carbons (Fsp3) is 0.545. The van der Waals surface area contributed by atoms with Gasteiger partial charge in [-0.2, -0.15) is 0 Å². The zero-order valence-electron chi connectivity index (χ0n) is 18.4. The third kappa shape index (κ3) is 14.0. The first-order valence-corrected chi connectivity index (χ1v) is 10.9. The maximum Gasteiger partial charge on any atom is 0.306 e. The Labute approximate surface area is 188 Å². The molecule has 0 heterocycles. The maximum absolute atomic E-state index is 11.9. The molecule has 32 heavy (non-hydrogen) atoms. The average Bonchev–Trinajstić information content (AvgIpc) is 2.78. The number of aliphatic imine (C=N–C) groups is 1. The quantitative estimate of drug-likeness (QED) is 0.105. The molecule has 0 fully saturated rings. The number of unbranched alkanes of at least 4 members (excludes halogenated alkanes) is 3. The number of hydrogen-bond donors (Lipinski definition) is 5. The molecule has 0 unspecified atom stereocenters. The largest absolute Gasteiger partial charge is 0.461 e. The number of carbonyl (C=O) groups excluding carboxylic acids is 3. The third-order valence-electron chi connectivity index (χ3n) is 4.50. The van der Waals surface area contributed by atoms with Gasteiger partial charge < -0.3 is 31.9 Å². The Kier molecular flexibility index (Phi) is 13.9. The van der Waals surface area contributed by atoms with Crippen LogP contribution in [0.1, 0.15) is 50.5 Å². The van der Waals surface area contributed by atoms with Gasteiger partial charge in [-0.3, -0.25) is 19.4 Å². The van der Waals surface area contributed by atoms with E-state index in [1.807, 2.05) is 30.3 Å². The highest BCUT2D eigenvalue weighted by molar-refractivity contribution is 5.82. The monoisotopic (exact) mass is 449 g/mol. The van der Waals surface area contributed by atoms with Gasteiger partial charge in [-0.1, -0.05) is 43.2 Å². The second-order valence-corrected chi connectivity index (χ2v) is 7.33. The fourth-order valence-electron chi connectivity index (χ4n) is 2.72. The van der Waals surface area contributed by atoms with E-state index >= 15 is 0 Å². The second-order valence-electron chi connectivity index (χ2n) is 7.33. The molecule has 0 radical (unpaired) electrons. The topological polar surface area (TPSA) is 169 Å². The highest BCUT2D eigenvalue weighted by Crippen LogP contribution is 2.04. The summed E-state index contributed by atoms with van der Waals surface area (Å²) >= 11 is 0. The molecule has 0 aliphatic rings. The summed E-state index contributed by atoms with van der Waals surface area (Å²) < 4.78 is 5.15. The van der Waals surface area contributed by atoms with Crippen molar-refractivity contribution in [1.29, 1.82) is 0 Å². The van der Waals surface area contributed by atoms with Crippen LogP contribution in [0.4, 0.5) is 0 Å². The van der Waals surface area contributed by atoms with Crippen molar-refractivity contribution in [3.05, 3.63) is 35.9 Å². The summed E-state index contributed by atoms with van der Waals surface area (Å²) in [6.45, 7) is 0.853. The predicted molar refractivity (Wildman–Crippen MR) is 121 cm³/mol. The predicted octanol–water partition coefficient (Wildman–Crippen LogP) is 0.327. The number of esters is 1. The second kappa shape index (κ2) is 16.5. The van der Waals surface area contributed by atoms with Crippen molar-refractivity contribution in [1.82, 2.24) is 10.6 Å². The van der Waals surface area contributed by atoms with E-state index in [2.05, 4.69) is 15.6 Å². The molecular weight excluding hydrogens is 414 g/mol. The Balaban J connectivity index is 2.03. The Hall–Kier alpha value is -3.14. The molecule has 1 aromatic rings.